The molecule has 0 radical (unpaired) electrons. The zero-order chi connectivity index (χ0) is 13.4. The highest BCUT2D eigenvalue weighted by atomic mass is 79.9. The van der Waals surface area contributed by atoms with Gasteiger partial charge in [-0.2, -0.15) is 0 Å². The highest BCUT2D eigenvalue weighted by Gasteiger charge is 2.39. The topological polar surface area (TPSA) is 29.1 Å². The molecule has 102 valence electrons. The molecule has 0 heterocycles. The first kappa shape index (κ1) is 13.4. The van der Waals surface area contributed by atoms with Gasteiger partial charge in [0.1, 0.15) is 0 Å². The minimum atomic E-state index is -0.00804. The average molecular weight is 343 g/mol. The molecule has 1 aromatic carbocycles. The molecule has 1 amide bonds. The quantitative estimate of drug-likeness (QED) is 0.873. The van der Waals surface area contributed by atoms with E-state index in [1.807, 2.05) is 0 Å². The Balaban J connectivity index is 1.59. The van der Waals surface area contributed by atoms with Gasteiger partial charge < -0.3 is 5.32 Å². The molecule has 3 unspecified atom stereocenters. The molecule has 2 saturated carbocycles. The van der Waals surface area contributed by atoms with E-state index in [4.69, 9.17) is 11.6 Å². The van der Waals surface area contributed by atoms with E-state index in [-0.39, 0.29) is 5.91 Å². The molecule has 4 heteroatoms. The number of fused-ring (bicyclic) bond motifs is 2. The third-order valence-corrected chi connectivity index (χ3v) is 5.48. The molecule has 19 heavy (non-hydrogen) atoms. The van der Waals surface area contributed by atoms with E-state index < -0.39 is 0 Å². The summed E-state index contributed by atoms with van der Waals surface area (Å²) in [5, 5.41) is 3.71. The standard InChI is InChI=1S/C15H17BrClNO/c16-14-7-12(17)3-4-13(14)15(19)18-8-11-6-9-1-2-10(11)5-9/h3-4,7,9-11H,1-2,5-6,8H2,(H,18,19). The van der Waals surface area contributed by atoms with Crippen LogP contribution < -0.4 is 5.32 Å². The van der Waals surface area contributed by atoms with Crippen molar-refractivity contribution in [3.63, 3.8) is 0 Å². The van der Waals surface area contributed by atoms with E-state index in [0.29, 0.717) is 16.5 Å². The SMILES string of the molecule is O=C(NCC1CC2CCC1C2)c1ccc(Cl)cc1Br. The second-order valence-corrected chi connectivity index (χ2v) is 7.06. The molecule has 2 aliphatic rings. The highest BCUT2D eigenvalue weighted by Crippen LogP contribution is 2.47. The molecule has 0 aliphatic heterocycles. The Morgan fingerprint density at radius 3 is 2.84 bits per heavy atom. The lowest BCUT2D eigenvalue weighted by Crippen LogP contribution is -2.31. The van der Waals surface area contributed by atoms with Crippen molar-refractivity contribution in [1.29, 1.82) is 0 Å². The van der Waals surface area contributed by atoms with Crippen molar-refractivity contribution in [3.8, 4) is 0 Å². The zero-order valence-corrected chi connectivity index (χ0v) is 13.0. The fourth-order valence-electron chi connectivity index (χ4n) is 3.62. The van der Waals surface area contributed by atoms with Crippen LogP contribution in [0.1, 0.15) is 36.0 Å². The number of carbonyl (C=O) groups excluding carboxylic acids is 1. The summed E-state index contributed by atoms with van der Waals surface area (Å²) < 4.78 is 0.755. The van der Waals surface area contributed by atoms with Gasteiger partial charge in [0.25, 0.3) is 5.91 Å². The van der Waals surface area contributed by atoms with Gasteiger partial charge in [-0.1, -0.05) is 18.0 Å². The van der Waals surface area contributed by atoms with Gasteiger partial charge in [0, 0.05) is 16.0 Å². The molecule has 2 nitrogen and oxygen atoms in total. The third kappa shape index (κ3) is 2.82. The predicted octanol–water partition coefficient (Wildman–Crippen LogP) is 4.27. The van der Waals surface area contributed by atoms with Crippen LogP contribution in [-0.2, 0) is 0 Å². The molecule has 0 spiro atoms. The highest BCUT2D eigenvalue weighted by molar-refractivity contribution is 9.10. The van der Waals surface area contributed by atoms with Crippen LogP contribution in [0.3, 0.4) is 0 Å². The summed E-state index contributed by atoms with van der Waals surface area (Å²) >= 11 is 9.27. The Morgan fingerprint density at radius 1 is 1.37 bits per heavy atom. The molecule has 0 aromatic heterocycles. The van der Waals surface area contributed by atoms with Crippen LogP contribution in [0.2, 0.25) is 5.02 Å². The normalized spacial score (nSPS) is 28.6. The van der Waals surface area contributed by atoms with Crippen LogP contribution in [0.5, 0.6) is 0 Å². The number of carbonyl (C=O) groups is 1. The van der Waals surface area contributed by atoms with Crippen LogP contribution >= 0.6 is 27.5 Å². The minimum absolute atomic E-state index is 0.00804. The van der Waals surface area contributed by atoms with Crippen molar-refractivity contribution >= 4 is 33.4 Å². The summed E-state index contributed by atoms with van der Waals surface area (Å²) in [6, 6.07) is 5.27. The lowest BCUT2D eigenvalue weighted by Gasteiger charge is -2.21. The van der Waals surface area contributed by atoms with E-state index in [0.717, 1.165) is 22.9 Å². The number of rotatable bonds is 3. The second kappa shape index (κ2) is 5.45. The first-order chi connectivity index (χ1) is 9.13. The summed E-state index contributed by atoms with van der Waals surface area (Å²) in [4.78, 5) is 12.2. The van der Waals surface area contributed by atoms with Crippen molar-refractivity contribution in [3.05, 3.63) is 33.3 Å². The molecule has 3 atom stereocenters. The van der Waals surface area contributed by atoms with Crippen molar-refractivity contribution in [1.82, 2.24) is 5.32 Å². The molecule has 2 bridgehead atoms. The van der Waals surface area contributed by atoms with Crippen molar-refractivity contribution in [2.24, 2.45) is 17.8 Å². The molecule has 2 fully saturated rings. The van der Waals surface area contributed by atoms with E-state index in [2.05, 4.69) is 21.2 Å². The first-order valence-electron chi connectivity index (χ1n) is 6.86. The molecule has 0 saturated heterocycles. The Hall–Kier alpha value is -0.540. The van der Waals surface area contributed by atoms with Gasteiger partial charge in [-0.25, -0.2) is 0 Å². The van der Waals surface area contributed by atoms with Gasteiger partial charge in [-0.05, 0) is 71.1 Å². The van der Waals surface area contributed by atoms with Crippen molar-refractivity contribution < 1.29 is 4.79 Å². The van der Waals surface area contributed by atoms with Crippen molar-refractivity contribution in [2.75, 3.05) is 6.54 Å². The Kier molecular flexibility index (Phi) is 3.86. The number of halogens is 2. The van der Waals surface area contributed by atoms with Crippen molar-refractivity contribution in [2.45, 2.75) is 25.7 Å². The second-order valence-electron chi connectivity index (χ2n) is 5.77. The fourth-order valence-corrected chi connectivity index (χ4v) is 4.48. The van der Waals surface area contributed by atoms with Gasteiger partial charge >= 0.3 is 0 Å². The average Bonchev–Trinajstić information content (AvgIpc) is 2.98. The smallest absolute Gasteiger partial charge is 0.252 e. The van der Waals surface area contributed by atoms with E-state index in [9.17, 15) is 4.79 Å². The van der Waals surface area contributed by atoms with Crippen LogP contribution in [0.25, 0.3) is 0 Å². The van der Waals surface area contributed by atoms with Crippen LogP contribution in [0, 0.1) is 17.8 Å². The number of benzene rings is 1. The lowest BCUT2D eigenvalue weighted by molar-refractivity contribution is 0.0941. The Morgan fingerprint density at radius 2 is 2.21 bits per heavy atom. The van der Waals surface area contributed by atoms with Gasteiger partial charge in [-0.15, -0.1) is 0 Å². The van der Waals surface area contributed by atoms with Gasteiger partial charge in [0.05, 0.1) is 5.56 Å². The summed E-state index contributed by atoms with van der Waals surface area (Å²) in [7, 11) is 0. The zero-order valence-electron chi connectivity index (χ0n) is 10.7. The number of hydrogen-bond acceptors (Lipinski definition) is 1. The van der Waals surface area contributed by atoms with E-state index in [1.54, 1.807) is 18.2 Å². The largest absolute Gasteiger partial charge is 0.352 e. The molecular weight excluding hydrogens is 326 g/mol. The number of nitrogens with one attached hydrogen (secondary N) is 1. The monoisotopic (exact) mass is 341 g/mol. The molecular formula is C15H17BrClNO. The van der Waals surface area contributed by atoms with Gasteiger partial charge in [0.15, 0.2) is 0 Å². The molecule has 3 rings (SSSR count). The lowest BCUT2D eigenvalue weighted by atomic mass is 9.89. The summed E-state index contributed by atoms with van der Waals surface area (Å²) in [6.45, 7) is 0.815. The third-order valence-electron chi connectivity index (χ3n) is 4.59. The minimum Gasteiger partial charge on any atom is -0.352 e. The maximum Gasteiger partial charge on any atom is 0.252 e. The summed E-state index contributed by atoms with van der Waals surface area (Å²) in [5.41, 5.74) is 0.660. The maximum atomic E-state index is 12.2. The molecule has 2 aliphatic carbocycles. The van der Waals surface area contributed by atoms with Gasteiger partial charge in [0.2, 0.25) is 0 Å². The van der Waals surface area contributed by atoms with E-state index in [1.165, 1.54) is 25.7 Å². The van der Waals surface area contributed by atoms with Crippen LogP contribution in [0.15, 0.2) is 22.7 Å². The van der Waals surface area contributed by atoms with Crippen LogP contribution in [0.4, 0.5) is 0 Å². The number of amides is 1. The summed E-state index contributed by atoms with van der Waals surface area (Å²) in [5.74, 6) is 2.45. The molecule has 1 N–H and O–H groups in total. The predicted molar refractivity (Wildman–Crippen MR) is 80.4 cm³/mol. The molecule has 1 aromatic rings. The van der Waals surface area contributed by atoms with Gasteiger partial charge in [-0.3, -0.25) is 4.79 Å². The van der Waals surface area contributed by atoms with E-state index >= 15 is 0 Å². The maximum absolute atomic E-state index is 12.2. The fraction of sp³-hybridized carbons (Fsp3) is 0.533. The van der Waals surface area contributed by atoms with Crippen LogP contribution in [-0.4, -0.2) is 12.5 Å². The Labute approximate surface area is 127 Å². The Bertz CT molecular complexity index is 505. The number of hydrogen-bond donors (Lipinski definition) is 1. The first-order valence-corrected chi connectivity index (χ1v) is 8.04. The summed E-state index contributed by atoms with van der Waals surface area (Å²) in [6.07, 6.45) is 5.44.